The number of rotatable bonds is 4. The van der Waals surface area contributed by atoms with Crippen LogP contribution in [0.25, 0.3) is 0 Å². The number of carbonyl (C=O) groups excluding carboxylic acids is 1. The van der Waals surface area contributed by atoms with Crippen LogP contribution in [0.1, 0.15) is 49.4 Å². The summed E-state index contributed by atoms with van der Waals surface area (Å²) in [5.41, 5.74) is 6.38. The van der Waals surface area contributed by atoms with Gasteiger partial charge in [-0.3, -0.25) is 4.79 Å². The Morgan fingerprint density at radius 1 is 1.38 bits per heavy atom. The predicted octanol–water partition coefficient (Wildman–Crippen LogP) is 3.60. The molecule has 0 radical (unpaired) electrons. The molecular formula is C16H22ClFN2O. The third-order valence-electron chi connectivity index (χ3n) is 4.07. The maximum atomic E-state index is 13.2. The fourth-order valence-electron chi connectivity index (χ4n) is 2.90. The van der Waals surface area contributed by atoms with E-state index < -0.39 is 5.82 Å². The zero-order chi connectivity index (χ0) is 15.4. The summed E-state index contributed by atoms with van der Waals surface area (Å²) >= 11 is 5.78. The van der Waals surface area contributed by atoms with Crippen molar-refractivity contribution in [2.75, 3.05) is 6.54 Å². The van der Waals surface area contributed by atoms with E-state index in [1.807, 2.05) is 11.8 Å². The minimum atomic E-state index is -0.501. The van der Waals surface area contributed by atoms with Crippen molar-refractivity contribution in [1.82, 2.24) is 4.90 Å². The molecule has 1 fully saturated rings. The number of halogens is 2. The van der Waals surface area contributed by atoms with Crippen molar-refractivity contribution < 1.29 is 9.18 Å². The smallest absolute Gasteiger partial charge is 0.254 e. The van der Waals surface area contributed by atoms with Crippen molar-refractivity contribution in [3.8, 4) is 0 Å². The molecule has 1 aromatic rings. The van der Waals surface area contributed by atoms with E-state index in [1.165, 1.54) is 18.2 Å². The van der Waals surface area contributed by atoms with Crippen LogP contribution in [0.3, 0.4) is 0 Å². The highest BCUT2D eigenvalue weighted by Gasteiger charge is 2.28. The Morgan fingerprint density at radius 2 is 2.05 bits per heavy atom. The largest absolute Gasteiger partial charge is 0.336 e. The molecule has 116 valence electrons. The molecule has 0 atom stereocenters. The molecule has 1 aromatic carbocycles. The van der Waals surface area contributed by atoms with Crippen LogP contribution in [0.4, 0.5) is 4.39 Å². The molecule has 0 spiro atoms. The van der Waals surface area contributed by atoms with Gasteiger partial charge in [-0.25, -0.2) is 4.39 Å². The first kappa shape index (κ1) is 16.2. The second-order valence-electron chi connectivity index (χ2n) is 5.70. The van der Waals surface area contributed by atoms with Crippen LogP contribution in [0.5, 0.6) is 0 Å². The number of benzene rings is 1. The standard InChI is InChI=1S/C16H22ClFN2O/c1-2-9-20(13-6-4-12(19)5-7-13)16(21)11-3-8-15(18)14(17)10-11/h3,8,10,12-13H,2,4-7,9,19H2,1H3. The van der Waals surface area contributed by atoms with Gasteiger partial charge in [0, 0.05) is 24.2 Å². The zero-order valence-electron chi connectivity index (χ0n) is 12.3. The number of nitrogens with zero attached hydrogens (tertiary/aromatic N) is 1. The molecule has 0 heterocycles. The number of hydrogen-bond acceptors (Lipinski definition) is 2. The van der Waals surface area contributed by atoms with Gasteiger partial charge in [0.25, 0.3) is 5.91 Å². The molecule has 1 aliphatic carbocycles. The van der Waals surface area contributed by atoms with Gasteiger partial charge < -0.3 is 10.6 Å². The van der Waals surface area contributed by atoms with E-state index in [9.17, 15) is 9.18 Å². The molecule has 2 N–H and O–H groups in total. The van der Waals surface area contributed by atoms with E-state index in [1.54, 1.807) is 0 Å². The summed E-state index contributed by atoms with van der Waals surface area (Å²) in [5, 5.41) is -0.0111. The number of amides is 1. The average molecular weight is 313 g/mol. The van der Waals surface area contributed by atoms with Gasteiger partial charge in [0.2, 0.25) is 0 Å². The fourth-order valence-corrected chi connectivity index (χ4v) is 3.08. The zero-order valence-corrected chi connectivity index (χ0v) is 13.1. The molecule has 3 nitrogen and oxygen atoms in total. The molecule has 0 aromatic heterocycles. The maximum absolute atomic E-state index is 13.2. The second-order valence-corrected chi connectivity index (χ2v) is 6.10. The first-order chi connectivity index (χ1) is 10.0. The molecule has 0 saturated heterocycles. The Morgan fingerprint density at radius 3 is 2.62 bits per heavy atom. The van der Waals surface area contributed by atoms with Crippen molar-refractivity contribution in [1.29, 1.82) is 0 Å². The van der Waals surface area contributed by atoms with Crippen molar-refractivity contribution in [3.05, 3.63) is 34.6 Å². The highest BCUT2D eigenvalue weighted by atomic mass is 35.5. The molecule has 0 unspecified atom stereocenters. The summed E-state index contributed by atoms with van der Waals surface area (Å²) in [7, 11) is 0. The number of hydrogen-bond donors (Lipinski definition) is 1. The van der Waals surface area contributed by atoms with E-state index in [2.05, 4.69) is 0 Å². The van der Waals surface area contributed by atoms with Gasteiger partial charge in [-0.05, 0) is 50.3 Å². The van der Waals surface area contributed by atoms with E-state index in [0.29, 0.717) is 12.1 Å². The Hall–Kier alpha value is -1.13. The van der Waals surface area contributed by atoms with Crippen molar-refractivity contribution >= 4 is 17.5 Å². The van der Waals surface area contributed by atoms with Gasteiger partial charge in [0.05, 0.1) is 5.02 Å². The van der Waals surface area contributed by atoms with Crippen molar-refractivity contribution in [2.24, 2.45) is 5.73 Å². The number of nitrogens with two attached hydrogens (primary N) is 1. The van der Waals surface area contributed by atoms with Crippen LogP contribution in [0.2, 0.25) is 5.02 Å². The summed E-state index contributed by atoms with van der Waals surface area (Å²) in [6, 6.07) is 4.63. The summed E-state index contributed by atoms with van der Waals surface area (Å²) in [6.45, 7) is 2.75. The van der Waals surface area contributed by atoms with Gasteiger partial charge in [0.15, 0.2) is 0 Å². The third-order valence-corrected chi connectivity index (χ3v) is 4.36. The molecule has 2 rings (SSSR count). The van der Waals surface area contributed by atoms with E-state index in [0.717, 1.165) is 32.1 Å². The summed E-state index contributed by atoms with van der Waals surface area (Å²) < 4.78 is 13.2. The molecule has 1 amide bonds. The van der Waals surface area contributed by atoms with Gasteiger partial charge in [-0.2, -0.15) is 0 Å². The first-order valence-electron chi connectivity index (χ1n) is 7.54. The van der Waals surface area contributed by atoms with Crippen LogP contribution in [-0.2, 0) is 0 Å². The summed E-state index contributed by atoms with van der Waals surface area (Å²) in [4.78, 5) is 14.6. The monoisotopic (exact) mass is 312 g/mol. The first-order valence-corrected chi connectivity index (χ1v) is 7.92. The average Bonchev–Trinajstić information content (AvgIpc) is 2.48. The molecule has 0 bridgehead atoms. The Labute approximate surface area is 130 Å². The minimum absolute atomic E-state index is 0.0111. The topological polar surface area (TPSA) is 46.3 Å². The molecule has 21 heavy (non-hydrogen) atoms. The third kappa shape index (κ3) is 3.95. The van der Waals surface area contributed by atoms with E-state index in [-0.39, 0.29) is 23.0 Å². The maximum Gasteiger partial charge on any atom is 0.254 e. The van der Waals surface area contributed by atoms with E-state index in [4.69, 9.17) is 17.3 Å². The SMILES string of the molecule is CCCN(C(=O)c1ccc(F)c(Cl)c1)C1CCC(N)CC1. The lowest BCUT2D eigenvalue weighted by Gasteiger charge is -2.36. The number of carbonyl (C=O) groups is 1. The second kappa shape index (κ2) is 7.23. The Kier molecular flexibility index (Phi) is 5.59. The van der Waals surface area contributed by atoms with Crippen molar-refractivity contribution in [3.63, 3.8) is 0 Å². The van der Waals surface area contributed by atoms with Crippen LogP contribution >= 0.6 is 11.6 Å². The van der Waals surface area contributed by atoms with Crippen LogP contribution < -0.4 is 5.73 Å². The van der Waals surface area contributed by atoms with Crippen LogP contribution in [0.15, 0.2) is 18.2 Å². The summed E-state index contributed by atoms with van der Waals surface area (Å²) in [6.07, 6.45) is 4.65. The minimum Gasteiger partial charge on any atom is -0.336 e. The molecule has 0 aliphatic heterocycles. The van der Waals surface area contributed by atoms with Gasteiger partial charge in [-0.1, -0.05) is 18.5 Å². The normalized spacial score (nSPS) is 22.1. The van der Waals surface area contributed by atoms with Crippen LogP contribution in [0, 0.1) is 5.82 Å². The Bertz CT molecular complexity index is 501. The molecule has 1 saturated carbocycles. The predicted molar refractivity (Wildman–Crippen MR) is 83.0 cm³/mol. The van der Waals surface area contributed by atoms with Crippen LogP contribution in [-0.4, -0.2) is 29.4 Å². The van der Waals surface area contributed by atoms with Gasteiger partial charge in [0.1, 0.15) is 5.82 Å². The quantitative estimate of drug-likeness (QED) is 0.923. The highest BCUT2D eigenvalue weighted by Crippen LogP contribution is 2.25. The lowest BCUT2D eigenvalue weighted by Crippen LogP contribution is -2.44. The summed E-state index contributed by atoms with van der Waals surface area (Å²) in [5.74, 6) is -0.571. The molecule has 1 aliphatic rings. The van der Waals surface area contributed by atoms with Gasteiger partial charge >= 0.3 is 0 Å². The Balaban J connectivity index is 2.16. The molecule has 5 heteroatoms. The fraction of sp³-hybridized carbons (Fsp3) is 0.562. The lowest BCUT2D eigenvalue weighted by atomic mass is 9.90. The molecular weight excluding hydrogens is 291 g/mol. The highest BCUT2D eigenvalue weighted by molar-refractivity contribution is 6.31. The van der Waals surface area contributed by atoms with Crippen molar-refractivity contribution in [2.45, 2.75) is 51.1 Å². The van der Waals surface area contributed by atoms with Gasteiger partial charge in [-0.15, -0.1) is 0 Å². The lowest BCUT2D eigenvalue weighted by molar-refractivity contribution is 0.0626. The van der Waals surface area contributed by atoms with E-state index >= 15 is 0 Å².